The van der Waals surface area contributed by atoms with Gasteiger partial charge < -0.3 is 5.11 Å². The zero-order valence-electron chi connectivity index (χ0n) is 6.42. The predicted molar refractivity (Wildman–Crippen MR) is 40.6 cm³/mol. The molecule has 2 aliphatic carbocycles. The molecule has 2 atom stereocenters. The summed E-state index contributed by atoms with van der Waals surface area (Å²) < 4.78 is 0. The minimum Gasteiger partial charge on any atom is -0.396 e. The van der Waals surface area contributed by atoms with Crippen LogP contribution in [-0.2, 0) is 0 Å². The molecule has 58 valence electrons. The van der Waals surface area contributed by atoms with Crippen LogP contribution in [0.5, 0.6) is 0 Å². The topological polar surface area (TPSA) is 20.2 Å². The summed E-state index contributed by atoms with van der Waals surface area (Å²) in [5, 5.41) is 8.93. The summed E-state index contributed by atoms with van der Waals surface area (Å²) in [5.74, 6) is 2.56. The van der Waals surface area contributed by atoms with Crippen molar-refractivity contribution in [2.75, 3.05) is 6.61 Å². The van der Waals surface area contributed by atoms with Crippen LogP contribution >= 0.6 is 0 Å². The molecule has 10 heavy (non-hydrogen) atoms. The first-order chi connectivity index (χ1) is 4.93. The van der Waals surface area contributed by atoms with Crippen LogP contribution in [0.4, 0.5) is 0 Å². The van der Waals surface area contributed by atoms with E-state index in [0.29, 0.717) is 12.5 Å². The molecule has 0 saturated heterocycles. The Bertz CT molecular complexity index is 110. The molecule has 0 aromatic rings. The maximum atomic E-state index is 8.93. The fourth-order valence-electron chi connectivity index (χ4n) is 2.59. The average Bonchev–Trinajstić information content (AvgIpc) is 2.59. The van der Waals surface area contributed by atoms with Gasteiger partial charge in [0.25, 0.3) is 0 Å². The van der Waals surface area contributed by atoms with Crippen molar-refractivity contribution in [3.8, 4) is 0 Å². The van der Waals surface area contributed by atoms with E-state index in [1.54, 1.807) is 0 Å². The zero-order valence-corrected chi connectivity index (χ0v) is 6.42. The van der Waals surface area contributed by atoms with Crippen LogP contribution < -0.4 is 0 Å². The monoisotopic (exact) mass is 140 g/mol. The number of hydrogen-bond acceptors (Lipinski definition) is 1. The van der Waals surface area contributed by atoms with Crippen molar-refractivity contribution in [2.45, 2.75) is 32.1 Å². The van der Waals surface area contributed by atoms with E-state index in [0.717, 1.165) is 11.8 Å². The Morgan fingerprint density at radius 1 is 1.00 bits per heavy atom. The zero-order chi connectivity index (χ0) is 6.97. The van der Waals surface area contributed by atoms with Crippen molar-refractivity contribution in [1.82, 2.24) is 0 Å². The van der Waals surface area contributed by atoms with E-state index in [4.69, 9.17) is 5.11 Å². The van der Waals surface area contributed by atoms with Crippen molar-refractivity contribution < 1.29 is 5.11 Å². The van der Waals surface area contributed by atoms with E-state index in [9.17, 15) is 0 Å². The Kier molecular flexibility index (Phi) is 1.69. The molecule has 0 aromatic heterocycles. The Hall–Kier alpha value is -0.0400. The summed E-state index contributed by atoms with van der Waals surface area (Å²) in [6.45, 7) is 0.454. The molecule has 2 saturated carbocycles. The highest BCUT2D eigenvalue weighted by Crippen LogP contribution is 2.53. The second kappa shape index (κ2) is 2.54. The number of fused-ring (bicyclic) bond motifs is 1. The average molecular weight is 140 g/mol. The van der Waals surface area contributed by atoms with Gasteiger partial charge in [0.05, 0.1) is 0 Å². The second-order valence-corrected chi connectivity index (χ2v) is 3.81. The van der Waals surface area contributed by atoms with Crippen LogP contribution in [0, 0.1) is 17.8 Å². The third-order valence-corrected chi connectivity index (χ3v) is 3.29. The van der Waals surface area contributed by atoms with Gasteiger partial charge in [-0.25, -0.2) is 0 Å². The van der Waals surface area contributed by atoms with Gasteiger partial charge in [-0.15, -0.1) is 0 Å². The highest BCUT2D eigenvalue weighted by Gasteiger charge is 2.48. The molecule has 2 unspecified atom stereocenters. The van der Waals surface area contributed by atoms with E-state index in [2.05, 4.69) is 0 Å². The Balaban J connectivity index is 1.89. The van der Waals surface area contributed by atoms with Crippen molar-refractivity contribution in [3.05, 3.63) is 0 Å². The van der Waals surface area contributed by atoms with Gasteiger partial charge in [-0.1, -0.05) is 19.3 Å². The van der Waals surface area contributed by atoms with Gasteiger partial charge >= 0.3 is 0 Å². The Morgan fingerprint density at radius 3 is 2.10 bits per heavy atom. The lowest BCUT2D eigenvalue weighted by atomic mass is 10.1. The molecule has 0 aliphatic heterocycles. The van der Waals surface area contributed by atoms with Gasteiger partial charge in [0.2, 0.25) is 0 Å². The maximum Gasteiger partial charge on any atom is 0.0464 e. The maximum absolute atomic E-state index is 8.93. The van der Waals surface area contributed by atoms with Gasteiger partial charge in [-0.05, 0) is 30.6 Å². The number of aliphatic hydroxyl groups is 1. The summed E-state index contributed by atoms with van der Waals surface area (Å²) in [5.41, 5.74) is 0. The Morgan fingerprint density at radius 2 is 1.60 bits per heavy atom. The van der Waals surface area contributed by atoms with Crippen LogP contribution in [0.25, 0.3) is 0 Å². The molecular formula is C9H16O. The van der Waals surface area contributed by atoms with Crippen LogP contribution in [0.2, 0.25) is 0 Å². The smallest absolute Gasteiger partial charge is 0.0464 e. The number of rotatable bonds is 1. The molecule has 0 aromatic carbocycles. The third kappa shape index (κ3) is 0.968. The van der Waals surface area contributed by atoms with Crippen LogP contribution in [0.15, 0.2) is 0 Å². The molecule has 1 heteroatoms. The molecule has 0 spiro atoms. The van der Waals surface area contributed by atoms with Gasteiger partial charge in [-0.3, -0.25) is 0 Å². The largest absolute Gasteiger partial charge is 0.396 e. The molecule has 1 N–H and O–H groups in total. The Labute approximate surface area is 62.4 Å². The molecule has 2 rings (SSSR count). The minimum absolute atomic E-state index is 0.454. The van der Waals surface area contributed by atoms with E-state index >= 15 is 0 Å². The fourth-order valence-corrected chi connectivity index (χ4v) is 2.59. The second-order valence-electron chi connectivity index (χ2n) is 3.81. The molecule has 1 nitrogen and oxygen atoms in total. The normalized spacial score (nSPS) is 45.9. The van der Waals surface area contributed by atoms with E-state index in [1.807, 2.05) is 0 Å². The summed E-state index contributed by atoms with van der Waals surface area (Å²) >= 11 is 0. The van der Waals surface area contributed by atoms with Crippen LogP contribution in [0.1, 0.15) is 32.1 Å². The SMILES string of the molecule is OCC1C2CCCCCC12. The van der Waals surface area contributed by atoms with Crippen LogP contribution in [0.3, 0.4) is 0 Å². The summed E-state index contributed by atoms with van der Waals surface area (Å²) in [6.07, 6.45) is 7.06. The number of hydrogen-bond donors (Lipinski definition) is 1. The number of aliphatic hydroxyl groups excluding tert-OH is 1. The lowest BCUT2D eigenvalue weighted by Crippen LogP contribution is -1.91. The highest BCUT2D eigenvalue weighted by molar-refractivity contribution is 4.97. The molecule has 0 bridgehead atoms. The first-order valence-corrected chi connectivity index (χ1v) is 4.54. The molecule has 0 heterocycles. The first kappa shape index (κ1) is 6.66. The third-order valence-electron chi connectivity index (χ3n) is 3.29. The van der Waals surface area contributed by atoms with Crippen LogP contribution in [-0.4, -0.2) is 11.7 Å². The van der Waals surface area contributed by atoms with E-state index in [1.165, 1.54) is 32.1 Å². The summed E-state index contributed by atoms with van der Waals surface area (Å²) in [4.78, 5) is 0. The predicted octanol–water partition coefficient (Wildman–Crippen LogP) is 1.80. The highest BCUT2D eigenvalue weighted by atomic mass is 16.3. The standard InChI is InChI=1S/C9H16O/c10-6-9-7-4-2-1-3-5-8(7)9/h7-10H,1-6H2. The lowest BCUT2D eigenvalue weighted by molar-refractivity contribution is 0.259. The fraction of sp³-hybridized carbons (Fsp3) is 1.00. The van der Waals surface area contributed by atoms with Gasteiger partial charge in [0.1, 0.15) is 0 Å². The molecule has 0 amide bonds. The molecular weight excluding hydrogens is 124 g/mol. The van der Waals surface area contributed by atoms with Gasteiger partial charge in [-0.2, -0.15) is 0 Å². The first-order valence-electron chi connectivity index (χ1n) is 4.54. The van der Waals surface area contributed by atoms with Gasteiger partial charge in [0, 0.05) is 6.61 Å². The van der Waals surface area contributed by atoms with Gasteiger partial charge in [0.15, 0.2) is 0 Å². The van der Waals surface area contributed by atoms with E-state index < -0.39 is 0 Å². The molecule has 0 radical (unpaired) electrons. The van der Waals surface area contributed by atoms with Crippen molar-refractivity contribution in [2.24, 2.45) is 17.8 Å². The lowest BCUT2D eigenvalue weighted by Gasteiger charge is -1.97. The molecule has 2 fully saturated rings. The van der Waals surface area contributed by atoms with E-state index in [-0.39, 0.29) is 0 Å². The van der Waals surface area contributed by atoms with Crippen molar-refractivity contribution in [1.29, 1.82) is 0 Å². The molecule has 2 aliphatic rings. The van der Waals surface area contributed by atoms with Crippen molar-refractivity contribution >= 4 is 0 Å². The summed E-state index contributed by atoms with van der Waals surface area (Å²) in [7, 11) is 0. The van der Waals surface area contributed by atoms with Crippen molar-refractivity contribution in [3.63, 3.8) is 0 Å². The quantitative estimate of drug-likeness (QED) is 0.589. The minimum atomic E-state index is 0.454. The summed E-state index contributed by atoms with van der Waals surface area (Å²) in [6, 6.07) is 0.